The molecule has 0 aromatic heterocycles. The van der Waals surface area contributed by atoms with E-state index in [1.807, 2.05) is 24.9 Å². The topological polar surface area (TPSA) is 62.7 Å². The monoisotopic (exact) mass is 299 g/mol. The molecule has 0 heterocycles. The molecule has 16 heavy (non-hydrogen) atoms. The van der Waals surface area contributed by atoms with Crippen LogP contribution in [-0.2, 0) is 35.0 Å². The third-order valence-corrected chi connectivity index (χ3v) is 0.844. The van der Waals surface area contributed by atoms with Crippen LogP contribution in [0.25, 0.3) is 0 Å². The van der Waals surface area contributed by atoms with E-state index in [9.17, 15) is 0 Å². The maximum absolute atomic E-state index is 7.50. The first-order valence-electron chi connectivity index (χ1n) is 3.30. The first-order chi connectivity index (χ1) is 7.29. The number of nitrogens with zero attached hydrogens (tertiary/aromatic N) is 1. The summed E-state index contributed by atoms with van der Waals surface area (Å²) in [5.74, 6) is 0. The van der Waals surface area contributed by atoms with Gasteiger partial charge in [-0.05, 0) is 0 Å². The molecule has 0 spiro atoms. The summed E-state index contributed by atoms with van der Waals surface area (Å²) in [5, 5.41) is 0. The van der Waals surface area contributed by atoms with Gasteiger partial charge in [-0.1, -0.05) is 0 Å². The largest absolute Gasteiger partial charge is 0 e. The maximum Gasteiger partial charge on any atom is 0 e. The molecule has 1 rings (SSSR count). The second-order valence-corrected chi connectivity index (χ2v) is 2.01. The van der Waals surface area contributed by atoms with Crippen molar-refractivity contribution in [2.24, 2.45) is 0 Å². The maximum atomic E-state index is 7.50. The summed E-state index contributed by atoms with van der Waals surface area (Å²) < 4.78 is 24.4. The Kier molecular flexibility index (Phi) is 35.8. The van der Waals surface area contributed by atoms with Crippen molar-refractivity contribution in [1.29, 1.82) is 0 Å². The SMILES string of the molecule is C[N+](C)=C[c-]1[c-][c-][c-][c-]1.[C-]#[O+].[C-]#[O+].[C-]#[O+].[Mo]. The number of rotatable bonds is 1. The quantitative estimate of drug-likeness (QED) is 0.233. The van der Waals surface area contributed by atoms with Crippen molar-refractivity contribution in [1.82, 2.24) is 0 Å². The van der Waals surface area contributed by atoms with Crippen LogP contribution in [0.2, 0.25) is 0 Å². The normalized spacial score (nSPS) is 5.50. The Labute approximate surface area is 110 Å². The van der Waals surface area contributed by atoms with Crippen molar-refractivity contribution in [3.05, 3.63) is 49.8 Å². The van der Waals surface area contributed by atoms with E-state index in [1.54, 1.807) is 0 Å². The van der Waals surface area contributed by atoms with Crippen molar-refractivity contribution < 1.29 is 39.6 Å². The molecular formula is C11H7MoNO3-4. The van der Waals surface area contributed by atoms with E-state index in [0.717, 1.165) is 5.56 Å². The van der Waals surface area contributed by atoms with E-state index in [-0.39, 0.29) is 21.1 Å². The molecule has 4 nitrogen and oxygen atoms in total. The third-order valence-electron chi connectivity index (χ3n) is 0.844. The Morgan fingerprint density at radius 2 is 1.25 bits per heavy atom. The van der Waals surface area contributed by atoms with Gasteiger partial charge in [-0.25, -0.2) is 6.21 Å². The molecular weight excluding hydrogens is 290 g/mol. The molecule has 0 aliphatic carbocycles. The van der Waals surface area contributed by atoms with E-state index in [0.29, 0.717) is 0 Å². The average Bonchev–Trinajstić information content (AvgIpc) is 2.78. The first kappa shape index (κ1) is 24.2. The van der Waals surface area contributed by atoms with Gasteiger partial charge < -0.3 is 34.4 Å². The molecule has 1 aromatic carbocycles. The Bertz CT molecular complexity index is 291. The van der Waals surface area contributed by atoms with Crippen LogP contribution in [0, 0.1) is 44.2 Å². The van der Waals surface area contributed by atoms with Crippen LogP contribution in [-0.4, -0.2) is 24.9 Å². The summed E-state index contributed by atoms with van der Waals surface area (Å²) in [6.07, 6.45) is 1.91. The molecule has 0 saturated heterocycles. The Hall–Kier alpha value is -1.07. The minimum absolute atomic E-state index is 0. The van der Waals surface area contributed by atoms with E-state index in [4.69, 9.17) is 14.0 Å². The van der Waals surface area contributed by atoms with Crippen LogP contribution < -0.4 is 0 Å². The van der Waals surface area contributed by atoms with Gasteiger partial charge in [0.2, 0.25) is 0 Å². The molecule has 0 saturated carbocycles. The summed E-state index contributed by atoms with van der Waals surface area (Å²) in [6, 6.07) is 11.0. The fourth-order valence-corrected chi connectivity index (χ4v) is 0.551. The van der Waals surface area contributed by atoms with Crippen LogP contribution >= 0.6 is 0 Å². The number of hydrogen-bond acceptors (Lipinski definition) is 0. The van der Waals surface area contributed by atoms with Gasteiger partial charge in [0, 0.05) is 21.1 Å². The zero-order valence-corrected chi connectivity index (χ0v) is 10.7. The standard InChI is InChI=1S/C8H7N.3CO.Mo/c1-9(2)7-8-5-3-4-6-8;3*1-2;/h7H,1-2H3;;;;/q-4;;;;. The molecule has 5 heteroatoms. The molecule has 0 bridgehead atoms. The Morgan fingerprint density at radius 1 is 0.938 bits per heavy atom. The van der Waals surface area contributed by atoms with Crippen LogP contribution in [0.4, 0.5) is 0 Å². The van der Waals surface area contributed by atoms with Crippen LogP contribution in [0.3, 0.4) is 0 Å². The van der Waals surface area contributed by atoms with E-state index in [2.05, 4.69) is 44.2 Å². The van der Waals surface area contributed by atoms with Crippen molar-refractivity contribution in [2.75, 3.05) is 14.1 Å². The predicted molar refractivity (Wildman–Crippen MR) is 46.4 cm³/mol. The Balaban J connectivity index is -0.0000000900. The summed E-state index contributed by atoms with van der Waals surface area (Å²) in [6.45, 7) is 13.5. The van der Waals surface area contributed by atoms with Gasteiger partial charge in [-0.15, -0.1) is 0 Å². The minimum Gasteiger partial charge on any atom is 0 e. The zero-order valence-electron chi connectivity index (χ0n) is 8.66. The second kappa shape index (κ2) is 23.6. The van der Waals surface area contributed by atoms with Gasteiger partial charge >= 0.3 is 33.9 Å². The molecule has 0 radical (unpaired) electrons. The molecule has 0 amide bonds. The molecule has 0 aliphatic heterocycles. The van der Waals surface area contributed by atoms with Crippen molar-refractivity contribution in [2.45, 2.75) is 0 Å². The van der Waals surface area contributed by atoms with Crippen LogP contribution in [0.15, 0.2) is 0 Å². The van der Waals surface area contributed by atoms with Gasteiger partial charge in [0.05, 0.1) is 0 Å². The molecule has 0 N–H and O–H groups in total. The van der Waals surface area contributed by atoms with Crippen LogP contribution in [0.1, 0.15) is 5.56 Å². The van der Waals surface area contributed by atoms with Gasteiger partial charge in [0.25, 0.3) is 0 Å². The van der Waals surface area contributed by atoms with Crippen molar-refractivity contribution in [3.63, 3.8) is 0 Å². The molecule has 0 unspecified atom stereocenters. The fourth-order valence-electron chi connectivity index (χ4n) is 0.551. The molecule has 0 fully saturated rings. The van der Waals surface area contributed by atoms with Crippen LogP contribution in [0.5, 0.6) is 0 Å². The first-order valence-corrected chi connectivity index (χ1v) is 3.30. The summed E-state index contributed by atoms with van der Waals surface area (Å²) in [7, 11) is 3.91. The van der Waals surface area contributed by atoms with E-state index < -0.39 is 0 Å². The van der Waals surface area contributed by atoms with E-state index in [1.165, 1.54) is 0 Å². The molecule has 84 valence electrons. The summed E-state index contributed by atoms with van der Waals surface area (Å²) in [4.78, 5) is 0. The summed E-state index contributed by atoms with van der Waals surface area (Å²) in [5.41, 5.74) is 0.903. The average molecular weight is 297 g/mol. The van der Waals surface area contributed by atoms with Gasteiger partial charge in [0.15, 0.2) is 0 Å². The number of hydrogen-bond donors (Lipinski definition) is 0. The van der Waals surface area contributed by atoms with Crippen molar-refractivity contribution >= 4 is 6.21 Å². The minimum atomic E-state index is 0. The van der Waals surface area contributed by atoms with Gasteiger partial charge in [-0.2, -0.15) is 0 Å². The third kappa shape index (κ3) is 18.7. The second-order valence-electron chi connectivity index (χ2n) is 2.01. The molecule has 0 atom stereocenters. The summed E-state index contributed by atoms with van der Waals surface area (Å²) >= 11 is 0. The van der Waals surface area contributed by atoms with Gasteiger partial charge in [0.1, 0.15) is 14.1 Å². The predicted octanol–water partition coefficient (Wildman–Crippen LogP) is 0.182. The van der Waals surface area contributed by atoms with Gasteiger partial charge in [-0.3, -0.25) is 0 Å². The zero-order chi connectivity index (χ0) is 12.7. The smallest absolute Gasteiger partial charge is 0 e. The Morgan fingerprint density at radius 3 is 1.50 bits per heavy atom. The fraction of sp³-hybridized carbons (Fsp3) is 0.182. The molecule has 1 aromatic rings. The molecule has 0 aliphatic rings. The van der Waals surface area contributed by atoms with E-state index >= 15 is 0 Å². The van der Waals surface area contributed by atoms with Crippen molar-refractivity contribution in [3.8, 4) is 0 Å².